The molecule has 15 atom stereocenters. The van der Waals surface area contributed by atoms with Crippen molar-refractivity contribution in [3.05, 3.63) is 71.8 Å². The van der Waals surface area contributed by atoms with Crippen LogP contribution in [0.15, 0.2) is 65.7 Å². The van der Waals surface area contributed by atoms with Crippen molar-refractivity contribution in [1.29, 1.82) is 0 Å². The lowest BCUT2D eigenvalue weighted by atomic mass is 9.95. The van der Waals surface area contributed by atoms with E-state index in [4.69, 9.17) is 41.3 Å². The molecule has 0 spiro atoms. The number of aliphatic carboxylic acids is 1. The second kappa shape index (κ2) is 48.1. The Hall–Kier alpha value is -11.0. The van der Waals surface area contributed by atoms with E-state index in [0.717, 1.165) is 6.92 Å². The first-order valence-electron chi connectivity index (χ1n) is 36.6. The van der Waals surface area contributed by atoms with Gasteiger partial charge in [-0.1, -0.05) is 122 Å². The van der Waals surface area contributed by atoms with E-state index < -0.39 is 223 Å². The summed E-state index contributed by atoms with van der Waals surface area (Å²) in [6.45, 7) is 15.9. The fourth-order valence-electron chi connectivity index (χ4n) is 10.6. The van der Waals surface area contributed by atoms with Crippen LogP contribution in [0.5, 0.6) is 0 Å². The number of alkyl carbamates (subject to hydrolysis) is 2. The summed E-state index contributed by atoms with van der Waals surface area (Å²) in [6, 6.07) is -3.58. The van der Waals surface area contributed by atoms with Crippen LogP contribution in [-0.4, -0.2) is 237 Å². The molecule has 23 N–H and O–H groups in total. The highest BCUT2D eigenvalue weighted by molar-refractivity contribution is 6.00. The summed E-state index contributed by atoms with van der Waals surface area (Å²) < 4.78 is 48.5. The summed E-state index contributed by atoms with van der Waals surface area (Å²) in [6.07, 6.45) is -15.9. The van der Waals surface area contributed by atoms with Crippen LogP contribution >= 0.6 is 0 Å². The number of ether oxygens (including phenoxy) is 3. The number of carbonyl (C=O) groups excluding carboxylic acids is 14. The molecule has 0 bridgehead atoms. The van der Waals surface area contributed by atoms with E-state index >= 15 is 14.4 Å². The monoisotopic (exact) mass is 1620 g/mol. The number of guanidine groups is 1. The molecule has 114 heavy (non-hydrogen) atoms. The van der Waals surface area contributed by atoms with Crippen LogP contribution in [-0.2, 0) is 83.1 Å². The number of nitrogens with zero attached hydrogens (tertiary/aromatic N) is 1. The molecule has 13 amide bonds. The predicted molar refractivity (Wildman–Crippen MR) is 399 cm³/mol. The number of alkyl halides is 3. The number of carboxylic acid groups (broad SMARTS) is 1. The van der Waals surface area contributed by atoms with E-state index in [2.05, 4.69) is 58.2 Å². The molecule has 1 fully saturated rings. The standard InChI is InChI=1S/C70H110N16O21.C2HF3O2/c1-13-38(8)48-62(98)84-49(39(9)88)61(97)76-32-47(89)82-51(54(91)56(71)92)64(100)80-46(33-87)66(102)106-55(41-24-18-15-19-25-41)52(65(101)85-50(53(90)37(6)7)63(99)79-44(30-35(2)3)59(95)77-42(58(94)83-48)26-20-28-74-67(72)73)86-60(96)45(31-36(4)5)78-57(93)43(27-21-29-75-68(103)107-70(10,11)12)81-69(104)105-34-40-22-16-14-17-23-40;3-2(4,5)1(6)7/h14-19,22-25,35-39,42-46,48-55,87-88,90-91H,13,20-21,26-34H2,1-12H3,(H2,71,92)(H,75,103)(H,76,97)(H,77,95)(H,78,93)(H,79,99)(H,80,100)(H,81,104)(H,82,89)(H,83,94)(H,84,98)(H,85,101)(H,86,96)(H4,72,73,74);(H,6,7)/t38-,39-,42+,43+,44-,45-,46-,48?,49?,50-,51-,52-,53+,54-,55+;/m0./s1. The molecule has 638 valence electrons. The average molecular weight is 1630 g/mol. The zero-order chi connectivity index (χ0) is 86.7. The van der Waals surface area contributed by atoms with Gasteiger partial charge in [-0.25, -0.2) is 19.2 Å². The number of primary amides is 1. The first-order chi connectivity index (χ1) is 53.1. The first-order valence-corrected chi connectivity index (χ1v) is 36.6. The Kier molecular flexibility index (Phi) is 41.8. The highest BCUT2D eigenvalue weighted by Crippen LogP contribution is 2.25. The molecule has 0 aliphatic carbocycles. The largest absolute Gasteiger partial charge is 0.490 e. The fraction of sp³-hybridized carbons (Fsp3) is 0.611. The minimum absolute atomic E-state index is 0.0136. The number of hydrogen-bond donors (Lipinski definition) is 20. The number of aliphatic imine (C=N–C) groups is 1. The van der Waals surface area contributed by atoms with Gasteiger partial charge in [0.2, 0.25) is 65.0 Å². The molecule has 2 unspecified atom stereocenters. The number of esters is 1. The lowest BCUT2D eigenvalue weighted by Gasteiger charge is -2.34. The van der Waals surface area contributed by atoms with Crippen molar-refractivity contribution in [2.24, 2.45) is 45.9 Å². The van der Waals surface area contributed by atoms with Crippen molar-refractivity contribution < 1.29 is 125 Å². The molecule has 1 aliphatic rings. The highest BCUT2D eigenvalue weighted by Gasteiger charge is 2.45. The van der Waals surface area contributed by atoms with Gasteiger partial charge in [-0.15, -0.1) is 0 Å². The van der Waals surface area contributed by atoms with E-state index in [0.29, 0.717) is 5.56 Å². The lowest BCUT2D eigenvalue weighted by Crippen LogP contribution is -2.64. The van der Waals surface area contributed by atoms with Crippen molar-refractivity contribution in [2.75, 3.05) is 26.2 Å². The number of aliphatic hydroxyl groups is 4. The van der Waals surface area contributed by atoms with E-state index in [1.165, 1.54) is 44.2 Å². The Balaban J connectivity index is 0.00000599. The zero-order valence-electron chi connectivity index (χ0n) is 65.5. The average Bonchev–Trinajstić information content (AvgIpc) is 0.808. The minimum Gasteiger partial charge on any atom is -0.475 e. The number of nitrogens with one attached hydrogen (secondary N) is 12. The van der Waals surface area contributed by atoms with Crippen LogP contribution in [0.4, 0.5) is 22.8 Å². The summed E-state index contributed by atoms with van der Waals surface area (Å²) in [4.78, 5) is 212. The molecule has 39 nitrogen and oxygen atoms in total. The van der Waals surface area contributed by atoms with Gasteiger partial charge in [0.15, 0.2) is 24.2 Å². The van der Waals surface area contributed by atoms with Gasteiger partial charge >= 0.3 is 30.3 Å². The number of cyclic esters (lactones) is 1. The number of hydrogen-bond acceptors (Lipinski definition) is 23. The third-order valence-electron chi connectivity index (χ3n) is 16.8. The van der Waals surface area contributed by atoms with Crippen LogP contribution < -0.4 is 81.0 Å². The maximum Gasteiger partial charge on any atom is 0.490 e. The lowest BCUT2D eigenvalue weighted by molar-refractivity contribution is -0.192. The number of benzene rings is 2. The summed E-state index contributed by atoms with van der Waals surface area (Å²) >= 11 is 0. The molecular weight excluding hydrogens is 1510 g/mol. The van der Waals surface area contributed by atoms with E-state index in [-0.39, 0.29) is 76.2 Å². The number of carbonyl (C=O) groups is 15. The van der Waals surface area contributed by atoms with E-state index in [1.54, 1.807) is 92.6 Å². The molecular formula is C72H111F3N16O23. The van der Waals surface area contributed by atoms with Crippen molar-refractivity contribution in [3.63, 3.8) is 0 Å². The van der Waals surface area contributed by atoms with Gasteiger partial charge < -0.3 is 121 Å². The number of carboxylic acids is 1. The molecule has 3 rings (SSSR count). The molecule has 2 aromatic rings. The third-order valence-corrected chi connectivity index (χ3v) is 16.8. The summed E-state index contributed by atoms with van der Waals surface area (Å²) in [5.74, 6) is -21.1. The van der Waals surface area contributed by atoms with Crippen molar-refractivity contribution >= 4 is 95.1 Å². The van der Waals surface area contributed by atoms with Crippen LogP contribution in [0.25, 0.3) is 0 Å². The minimum atomic E-state index is -5.08. The second-order valence-corrected chi connectivity index (χ2v) is 29.0. The van der Waals surface area contributed by atoms with Crippen molar-refractivity contribution in [3.8, 4) is 0 Å². The molecule has 1 saturated heterocycles. The molecule has 1 aliphatic heterocycles. The normalized spacial score (nSPS) is 21.8. The van der Waals surface area contributed by atoms with Gasteiger partial charge in [-0.3, -0.25) is 57.7 Å². The van der Waals surface area contributed by atoms with Gasteiger partial charge in [0, 0.05) is 13.1 Å². The molecule has 0 radical (unpaired) electrons. The fourth-order valence-corrected chi connectivity index (χ4v) is 10.6. The third kappa shape index (κ3) is 35.8. The Bertz CT molecular complexity index is 3590. The first kappa shape index (κ1) is 99.1. The second-order valence-electron chi connectivity index (χ2n) is 29.0. The smallest absolute Gasteiger partial charge is 0.475 e. The van der Waals surface area contributed by atoms with Gasteiger partial charge in [0.05, 0.1) is 25.4 Å². The van der Waals surface area contributed by atoms with Crippen LogP contribution in [0.2, 0.25) is 0 Å². The van der Waals surface area contributed by atoms with Crippen LogP contribution in [0.1, 0.15) is 145 Å². The number of halogens is 3. The Morgan fingerprint density at radius 2 is 1.18 bits per heavy atom. The molecule has 0 saturated carbocycles. The quantitative estimate of drug-likeness (QED) is 0.0137. The summed E-state index contributed by atoms with van der Waals surface area (Å²) in [5, 5.41) is 80.7. The Labute approximate surface area is 656 Å². The maximum absolute atomic E-state index is 15.7. The summed E-state index contributed by atoms with van der Waals surface area (Å²) in [5.41, 5.74) is 16.1. The van der Waals surface area contributed by atoms with Crippen LogP contribution in [0.3, 0.4) is 0 Å². The van der Waals surface area contributed by atoms with E-state index in [1.807, 2.05) is 10.6 Å². The van der Waals surface area contributed by atoms with Crippen molar-refractivity contribution in [1.82, 2.24) is 63.8 Å². The molecule has 2 aromatic carbocycles. The number of rotatable bonds is 28. The van der Waals surface area contributed by atoms with Crippen LogP contribution in [0, 0.1) is 23.7 Å². The zero-order valence-corrected chi connectivity index (χ0v) is 65.5. The highest BCUT2D eigenvalue weighted by atomic mass is 19.4. The van der Waals surface area contributed by atoms with Crippen molar-refractivity contribution in [2.45, 2.75) is 231 Å². The summed E-state index contributed by atoms with van der Waals surface area (Å²) in [7, 11) is 0. The predicted octanol–water partition coefficient (Wildman–Crippen LogP) is -2.57. The molecule has 0 aromatic heterocycles. The SMILES string of the molecule is CC[C@H](C)C1NC(=O)[C@@H](CCCN=C(N)N)NC(=O)[C@H](CC(C)C)NC(=O)[C@H]([C@H](O)C(C)C)NC(=O)[C@@H](NC(=O)[C@H](CC(C)C)NC(=O)[C@@H](CCCNC(=O)OC(C)(C)C)NC(=O)OCc2ccccc2)[C@@H](c2ccccc2)OC(=O)[C@H](CO)NC(=O)[C@H]([C@H](O)C(N)=O)NC(=O)CNC(=O)C([C@H](C)O)NC1=O.O=C(O)C(F)(F)F. The molecule has 42 heteroatoms. The van der Waals surface area contributed by atoms with Gasteiger partial charge in [-0.05, 0) is 101 Å². The molecule has 1 heterocycles. The Morgan fingerprint density at radius 3 is 1.71 bits per heavy atom. The number of amides is 13. The number of aliphatic hydroxyl groups excluding tert-OH is 4. The topological polar surface area (TPSA) is 620 Å². The maximum atomic E-state index is 15.7. The van der Waals surface area contributed by atoms with Gasteiger partial charge in [0.25, 0.3) is 0 Å². The Morgan fingerprint density at radius 1 is 0.640 bits per heavy atom. The van der Waals surface area contributed by atoms with Gasteiger partial charge in [0.1, 0.15) is 66.6 Å². The number of nitrogens with two attached hydrogens (primary N) is 3. The van der Waals surface area contributed by atoms with Gasteiger partial charge in [-0.2, -0.15) is 13.2 Å². The van der Waals surface area contributed by atoms with E-state index in [9.17, 15) is 86.3 Å².